The van der Waals surface area contributed by atoms with E-state index in [2.05, 4.69) is 5.32 Å². The highest BCUT2D eigenvalue weighted by Gasteiger charge is 2.27. The van der Waals surface area contributed by atoms with Crippen LogP contribution in [0.15, 0.2) is 18.2 Å². The lowest BCUT2D eigenvalue weighted by molar-refractivity contribution is -0.123. The van der Waals surface area contributed by atoms with Crippen LogP contribution in [-0.4, -0.2) is 24.9 Å². The number of nitrogens with two attached hydrogens (primary N) is 1. The van der Waals surface area contributed by atoms with Crippen molar-refractivity contribution < 1.29 is 9.59 Å². The molecule has 2 rings (SSSR count). The van der Waals surface area contributed by atoms with Crippen LogP contribution in [0.3, 0.4) is 0 Å². The minimum Gasteiger partial charge on any atom is -0.329 e. The molecule has 0 spiro atoms. The molecule has 5 nitrogen and oxygen atoms in total. The third-order valence-corrected chi connectivity index (χ3v) is 4.00. The maximum Gasteiger partial charge on any atom is 0.231 e. The van der Waals surface area contributed by atoms with Crippen molar-refractivity contribution in [1.82, 2.24) is 0 Å². The molecule has 0 radical (unpaired) electrons. The molecule has 1 aliphatic heterocycles. The zero-order chi connectivity index (χ0) is 15.6. The van der Waals surface area contributed by atoms with Gasteiger partial charge in [-0.25, -0.2) is 0 Å². The minimum atomic E-state index is -0.643. The van der Waals surface area contributed by atoms with E-state index < -0.39 is 5.41 Å². The van der Waals surface area contributed by atoms with Crippen LogP contribution in [0.25, 0.3) is 0 Å². The molecule has 1 saturated heterocycles. The van der Waals surface area contributed by atoms with E-state index in [0.717, 1.165) is 6.42 Å². The standard InChI is InChI=1S/C15H20ClN3O2/c1-15(2,9-17)14(21)18-10-5-6-12(11(16)8-10)19-7-3-4-13(19)20/h5-6,8H,3-4,7,9,17H2,1-2H3,(H,18,21). The predicted octanol–water partition coefficient (Wildman–Crippen LogP) is 2.39. The molecule has 0 aliphatic carbocycles. The molecule has 1 aromatic rings. The molecule has 2 amide bonds. The third kappa shape index (κ3) is 3.36. The van der Waals surface area contributed by atoms with Gasteiger partial charge < -0.3 is 16.0 Å². The van der Waals surface area contributed by atoms with Gasteiger partial charge in [-0.2, -0.15) is 0 Å². The van der Waals surface area contributed by atoms with Crippen LogP contribution in [0.4, 0.5) is 11.4 Å². The fourth-order valence-corrected chi connectivity index (χ4v) is 2.38. The van der Waals surface area contributed by atoms with Crippen LogP contribution in [0, 0.1) is 5.41 Å². The number of hydrogen-bond donors (Lipinski definition) is 2. The van der Waals surface area contributed by atoms with Crippen LogP contribution in [0.5, 0.6) is 0 Å². The number of rotatable bonds is 4. The molecule has 0 unspecified atom stereocenters. The van der Waals surface area contributed by atoms with Gasteiger partial charge in [0, 0.05) is 25.2 Å². The van der Waals surface area contributed by atoms with E-state index >= 15 is 0 Å². The van der Waals surface area contributed by atoms with E-state index in [1.165, 1.54) is 0 Å². The molecular formula is C15H20ClN3O2. The quantitative estimate of drug-likeness (QED) is 0.896. The first-order chi connectivity index (χ1) is 9.85. The largest absolute Gasteiger partial charge is 0.329 e. The molecule has 3 N–H and O–H groups in total. The normalized spacial score (nSPS) is 15.4. The lowest BCUT2D eigenvalue weighted by atomic mass is 9.92. The molecule has 1 aliphatic rings. The van der Waals surface area contributed by atoms with Gasteiger partial charge in [-0.1, -0.05) is 11.6 Å². The average Bonchev–Trinajstić information content (AvgIpc) is 2.85. The fraction of sp³-hybridized carbons (Fsp3) is 0.467. The zero-order valence-corrected chi connectivity index (χ0v) is 13.0. The molecule has 0 bridgehead atoms. The van der Waals surface area contributed by atoms with Crippen molar-refractivity contribution in [2.45, 2.75) is 26.7 Å². The summed E-state index contributed by atoms with van der Waals surface area (Å²) in [6.07, 6.45) is 1.40. The maximum absolute atomic E-state index is 12.1. The summed E-state index contributed by atoms with van der Waals surface area (Å²) in [6.45, 7) is 4.50. The van der Waals surface area contributed by atoms with Gasteiger partial charge in [0.25, 0.3) is 0 Å². The van der Waals surface area contributed by atoms with Crippen LogP contribution in [-0.2, 0) is 9.59 Å². The second-order valence-corrected chi connectivity index (χ2v) is 6.26. The molecule has 1 heterocycles. The van der Waals surface area contributed by atoms with Crippen LogP contribution < -0.4 is 16.0 Å². The average molecular weight is 310 g/mol. The van der Waals surface area contributed by atoms with Crippen molar-refractivity contribution in [3.63, 3.8) is 0 Å². The highest BCUT2D eigenvalue weighted by molar-refractivity contribution is 6.34. The lowest BCUT2D eigenvalue weighted by Gasteiger charge is -2.22. The van der Waals surface area contributed by atoms with Crippen molar-refractivity contribution in [2.24, 2.45) is 11.1 Å². The number of nitrogens with one attached hydrogen (secondary N) is 1. The summed E-state index contributed by atoms with van der Waals surface area (Å²) < 4.78 is 0. The number of anilines is 2. The Kier molecular flexibility index (Phi) is 4.54. The van der Waals surface area contributed by atoms with Crippen molar-refractivity contribution in [3.05, 3.63) is 23.2 Å². The molecule has 6 heteroatoms. The summed E-state index contributed by atoms with van der Waals surface area (Å²) in [6, 6.07) is 5.17. The molecule has 1 aromatic carbocycles. The Bertz CT molecular complexity index is 572. The number of amides is 2. The van der Waals surface area contributed by atoms with Gasteiger partial charge in [-0.05, 0) is 38.5 Å². The van der Waals surface area contributed by atoms with Gasteiger partial charge in [-0.3, -0.25) is 9.59 Å². The number of nitrogens with zero attached hydrogens (tertiary/aromatic N) is 1. The first kappa shape index (κ1) is 15.8. The summed E-state index contributed by atoms with van der Waals surface area (Å²) in [7, 11) is 0. The van der Waals surface area contributed by atoms with Gasteiger partial charge >= 0.3 is 0 Å². The third-order valence-electron chi connectivity index (χ3n) is 3.69. The van der Waals surface area contributed by atoms with Gasteiger partial charge in [0.15, 0.2) is 0 Å². The summed E-state index contributed by atoms with van der Waals surface area (Å²) in [5.74, 6) is -0.0796. The summed E-state index contributed by atoms with van der Waals surface area (Å²) in [5, 5.41) is 3.25. The second kappa shape index (κ2) is 6.03. The molecule has 0 saturated carbocycles. The highest BCUT2D eigenvalue weighted by atomic mass is 35.5. The fourth-order valence-electron chi connectivity index (χ4n) is 2.10. The van der Waals surface area contributed by atoms with Crippen LogP contribution >= 0.6 is 11.6 Å². The van der Waals surface area contributed by atoms with E-state index in [1.54, 1.807) is 36.9 Å². The van der Waals surface area contributed by atoms with Gasteiger partial charge in [0.05, 0.1) is 16.1 Å². The zero-order valence-electron chi connectivity index (χ0n) is 12.3. The molecular weight excluding hydrogens is 290 g/mol. The lowest BCUT2D eigenvalue weighted by Crippen LogP contribution is -2.37. The van der Waals surface area contributed by atoms with Gasteiger partial charge in [0.1, 0.15) is 0 Å². The Morgan fingerprint density at radius 3 is 2.71 bits per heavy atom. The van der Waals surface area contributed by atoms with E-state index in [4.69, 9.17) is 17.3 Å². The Morgan fingerprint density at radius 2 is 2.19 bits per heavy atom. The monoisotopic (exact) mass is 309 g/mol. The topological polar surface area (TPSA) is 75.4 Å². The second-order valence-electron chi connectivity index (χ2n) is 5.86. The first-order valence-electron chi connectivity index (χ1n) is 6.96. The van der Waals surface area contributed by atoms with E-state index in [1.807, 2.05) is 0 Å². The summed E-state index contributed by atoms with van der Waals surface area (Å²) in [5.41, 5.74) is 6.23. The Hall–Kier alpha value is -1.59. The van der Waals surface area contributed by atoms with Crippen LogP contribution in [0.1, 0.15) is 26.7 Å². The first-order valence-corrected chi connectivity index (χ1v) is 7.34. The van der Waals surface area contributed by atoms with Crippen molar-refractivity contribution in [3.8, 4) is 0 Å². The number of benzene rings is 1. The minimum absolute atomic E-state index is 0.0814. The Balaban J connectivity index is 2.16. The van der Waals surface area contributed by atoms with Crippen molar-refractivity contribution in [1.29, 1.82) is 0 Å². The Morgan fingerprint density at radius 1 is 1.48 bits per heavy atom. The molecule has 1 fully saturated rings. The van der Waals surface area contributed by atoms with E-state index in [0.29, 0.717) is 29.4 Å². The summed E-state index contributed by atoms with van der Waals surface area (Å²) in [4.78, 5) is 25.5. The molecule has 114 valence electrons. The Labute approximate surface area is 129 Å². The van der Waals surface area contributed by atoms with E-state index in [-0.39, 0.29) is 18.4 Å². The molecule has 21 heavy (non-hydrogen) atoms. The smallest absolute Gasteiger partial charge is 0.231 e. The van der Waals surface area contributed by atoms with E-state index in [9.17, 15) is 9.59 Å². The maximum atomic E-state index is 12.1. The number of carbonyl (C=O) groups excluding carboxylic acids is 2. The van der Waals surface area contributed by atoms with Crippen molar-refractivity contribution >= 4 is 34.8 Å². The number of hydrogen-bond acceptors (Lipinski definition) is 3. The number of halogens is 1. The van der Waals surface area contributed by atoms with Gasteiger partial charge in [0.2, 0.25) is 11.8 Å². The molecule has 0 aromatic heterocycles. The van der Waals surface area contributed by atoms with Crippen molar-refractivity contribution in [2.75, 3.05) is 23.3 Å². The summed E-state index contributed by atoms with van der Waals surface area (Å²) >= 11 is 6.24. The van der Waals surface area contributed by atoms with Gasteiger partial charge in [-0.15, -0.1) is 0 Å². The van der Waals surface area contributed by atoms with Crippen LogP contribution in [0.2, 0.25) is 5.02 Å². The SMILES string of the molecule is CC(C)(CN)C(=O)Nc1ccc(N2CCCC2=O)c(Cl)c1. The molecule has 0 atom stereocenters. The predicted molar refractivity (Wildman–Crippen MR) is 84.5 cm³/mol. The highest BCUT2D eigenvalue weighted by Crippen LogP contribution is 2.32. The number of carbonyl (C=O) groups is 2.